The summed E-state index contributed by atoms with van der Waals surface area (Å²) < 4.78 is 5.05. The van der Waals surface area contributed by atoms with E-state index in [1.54, 1.807) is 13.3 Å². The van der Waals surface area contributed by atoms with Crippen molar-refractivity contribution < 1.29 is 4.74 Å². The lowest BCUT2D eigenvalue weighted by atomic mass is 10.1. The van der Waals surface area contributed by atoms with Crippen molar-refractivity contribution >= 4 is 0 Å². The van der Waals surface area contributed by atoms with Crippen LogP contribution in [0.1, 0.15) is 25.5 Å². The summed E-state index contributed by atoms with van der Waals surface area (Å²) in [5, 5.41) is 0. The lowest BCUT2D eigenvalue weighted by Gasteiger charge is -2.03. The molecule has 2 N–H and O–H groups in total. The van der Waals surface area contributed by atoms with Crippen LogP contribution in [0.4, 0.5) is 0 Å². The van der Waals surface area contributed by atoms with E-state index in [-0.39, 0.29) is 11.5 Å². The van der Waals surface area contributed by atoms with Gasteiger partial charge in [-0.1, -0.05) is 13.8 Å². The number of rotatable bonds is 2. The number of hydrogen-bond donors (Lipinski definition) is 1. The van der Waals surface area contributed by atoms with Crippen LogP contribution in [0.15, 0.2) is 18.3 Å². The molecule has 3 heteroatoms. The second kappa shape index (κ2) is 2.95. The molecule has 0 unspecified atom stereocenters. The van der Waals surface area contributed by atoms with Crippen LogP contribution in [-0.4, -0.2) is 18.1 Å². The third kappa shape index (κ3) is 1.28. The SMILES string of the molecule is COc1ccc([C@H]2[C@H](N)C2(C)C)nc1. The van der Waals surface area contributed by atoms with E-state index in [0.717, 1.165) is 11.4 Å². The fraction of sp³-hybridized carbons (Fsp3) is 0.545. The lowest BCUT2D eigenvalue weighted by molar-refractivity contribution is 0.412. The smallest absolute Gasteiger partial charge is 0.137 e. The van der Waals surface area contributed by atoms with Crippen molar-refractivity contribution in [2.24, 2.45) is 11.1 Å². The molecular weight excluding hydrogens is 176 g/mol. The molecule has 2 atom stereocenters. The standard InChI is InChI=1S/C11H16N2O/c1-11(2)9(10(11)12)8-5-4-7(14-3)6-13-8/h4-6,9-10H,12H2,1-3H3/t9-,10-/m0/s1. The lowest BCUT2D eigenvalue weighted by Crippen LogP contribution is -2.06. The topological polar surface area (TPSA) is 48.1 Å². The van der Waals surface area contributed by atoms with Gasteiger partial charge in [0.15, 0.2) is 0 Å². The largest absolute Gasteiger partial charge is 0.495 e. The molecular formula is C11H16N2O. The van der Waals surface area contributed by atoms with Crippen LogP contribution in [0.25, 0.3) is 0 Å². The Kier molecular flexibility index (Phi) is 2.00. The number of hydrogen-bond acceptors (Lipinski definition) is 3. The van der Waals surface area contributed by atoms with E-state index in [4.69, 9.17) is 10.5 Å². The molecule has 1 aromatic rings. The molecule has 0 aromatic carbocycles. The quantitative estimate of drug-likeness (QED) is 0.773. The van der Waals surface area contributed by atoms with Gasteiger partial charge in [0.25, 0.3) is 0 Å². The molecule has 14 heavy (non-hydrogen) atoms. The number of ether oxygens (including phenoxy) is 1. The summed E-state index contributed by atoms with van der Waals surface area (Å²) in [6.07, 6.45) is 1.75. The first-order valence-electron chi connectivity index (χ1n) is 4.83. The van der Waals surface area contributed by atoms with Gasteiger partial charge < -0.3 is 10.5 Å². The highest BCUT2D eigenvalue weighted by molar-refractivity contribution is 5.31. The molecule has 76 valence electrons. The Morgan fingerprint density at radius 3 is 2.43 bits per heavy atom. The van der Waals surface area contributed by atoms with Crippen LogP contribution < -0.4 is 10.5 Å². The van der Waals surface area contributed by atoms with Crippen LogP contribution in [0, 0.1) is 5.41 Å². The zero-order valence-electron chi connectivity index (χ0n) is 8.82. The second-order valence-corrected chi connectivity index (χ2v) is 4.45. The monoisotopic (exact) mass is 192 g/mol. The van der Waals surface area contributed by atoms with Gasteiger partial charge in [0.05, 0.1) is 13.3 Å². The minimum Gasteiger partial charge on any atom is -0.495 e. The Balaban J connectivity index is 2.20. The summed E-state index contributed by atoms with van der Waals surface area (Å²) in [5.74, 6) is 1.19. The first-order chi connectivity index (χ1) is 6.57. The minimum atomic E-state index is 0.196. The number of aromatic nitrogens is 1. The van der Waals surface area contributed by atoms with Gasteiger partial charge in [-0.05, 0) is 17.5 Å². The predicted octanol–water partition coefficient (Wildman–Crippen LogP) is 1.54. The van der Waals surface area contributed by atoms with E-state index in [2.05, 4.69) is 18.8 Å². The molecule has 1 aromatic heterocycles. The van der Waals surface area contributed by atoms with Crippen molar-refractivity contribution in [3.63, 3.8) is 0 Å². The van der Waals surface area contributed by atoms with E-state index >= 15 is 0 Å². The van der Waals surface area contributed by atoms with Gasteiger partial charge >= 0.3 is 0 Å². The Hall–Kier alpha value is -1.09. The van der Waals surface area contributed by atoms with Gasteiger partial charge in [-0.15, -0.1) is 0 Å². The summed E-state index contributed by atoms with van der Waals surface area (Å²) >= 11 is 0. The van der Waals surface area contributed by atoms with Gasteiger partial charge in [0, 0.05) is 17.7 Å². The van der Waals surface area contributed by atoms with Crippen LogP contribution in [0.2, 0.25) is 0 Å². The first kappa shape index (κ1) is 9.46. The van der Waals surface area contributed by atoms with Gasteiger partial charge in [0.1, 0.15) is 5.75 Å². The molecule has 1 aliphatic rings. The molecule has 0 radical (unpaired) electrons. The molecule has 0 aliphatic heterocycles. The molecule has 0 bridgehead atoms. The summed E-state index contributed by atoms with van der Waals surface area (Å²) in [7, 11) is 1.64. The van der Waals surface area contributed by atoms with Crippen LogP contribution in [-0.2, 0) is 0 Å². The van der Waals surface area contributed by atoms with Gasteiger partial charge in [-0.3, -0.25) is 4.98 Å². The van der Waals surface area contributed by atoms with Crippen molar-refractivity contribution in [2.75, 3.05) is 7.11 Å². The highest BCUT2D eigenvalue weighted by atomic mass is 16.5. The molecule has 3 nitrogen and oxygen atoms in total. The molecule has 1 saturated carbocycles. The summed E-state index contributed by atoms with van der Waals surface area (Å²) in [6, 6.07) is 4.17. The van der Waals surface area contributed by atoms with E-state index in [1.807, 2.05) is 12.1 Å². The Morgan fingerprint density at radius 2 is 2.07 bits per heavy atom. The maximum atomic E-state index is 5.98. The van der Waals surface area contributed by atoms with E-state index < -0.39 is 0 Å². The molecule has 2 rings (SSSR count). The zero-order valence-corrected chi connectivity index (χ0v) is 8.82. The van der Waals surface area contributed by atoms with Crippen LogP contribution in [0.3, 0.4) is 0 Å². The van der Waals surface area contributed by atoms with E-state index in [0.29, 0.717) is 5.92 Å². The minimum absolute atomic E-state index is 0.196. The van der Waals surface area contributed by atoms with Crippen LogP contribution in [0.5, 0.6) is 5.75 Å². The summed E-state index contributed by atoms with van der Waals surface area (Å²) in [5.41, 5.74) is 7.24. The first-order valence-corrected chi connectivity index (χ1v) is 4.83. The van der Waals surface area contributed by atoms with E-state index in [9.17, 15) is 0 Å². The van der Waals surface area contributed by atoms with E-state index in [1.165, 1.54) is 0 Å². The van der Waals surface area contributed by atoms with Gasteiger partial charge in [-0.2, -0.15) is 0 Å². The average molecular weight is 192 g/mol. The van der Waals surface area contributed by atoms with Gasteiger partial charge in [-0.25, -0.2) is 0 Å². The normalized spacial score (nSPS) is 28.6. The predicted molar refractivity (Wildman–Crippen MR) is 55.3 cm³/mol. The Labute approximate surface area is 84.3 Å². The fourth-order valence-electron chi connectivity index (χ4n) is 1.94. The molecule has 1 aliphatic carbocycles. The summed E-state index contributed by atoms with van der Waals surface area (Å²) in [6.45, 7) is 4.35. The van der Waals surface area contributed by atoms with Crippen molar-refractivity contribution in [1.29, 1.82) is 0 Å². The maximum Gasteiger partial charge on any atom is 0.137 e. The van der Waals surface area contributed by atoms with Crippen molar-refractivity contribution in [2.45, 2.75) is 25.8 Å². The molecule has 1 heterocycles. The zero-order chi connectivity index (χ0) is 10.3. The number of methoxy groups -OCH3 is 1. The average Bonchev–Trinajstić information content (AvgIpc) is 2.67. The highest BCUT2D eigenvalue weighted by Crippen LogP contribution is 2.56. The Bertz CT molecular complexity index is 332. The second-order valence-electron chi connectivity index (χ2n) is 4.45. The third-order valence-corrected chi connectivity index (χ3v) is 3.22. The fourth-order valence-corrected chi connectivity index (χ4v) is 1.94. The Morgan fingerprint density at radius 1 is 1.43 bits per heavy atom. The van der Waals surface area contributed by atoms with Crippen molar-refractivity contribution in [3.8, 4) is 5.75 Å². The number of nitrogens with two attached hydrogens (primary N) is 1. The summed E-state index contributed by atoms with van der Waals surface area (Å²) in [4.78, 5) is 4.35. The van der Waals surface area contributed by atoms with Crippen LogP contribution >= 0.6 is 0 Å². The third-order valence-electron chi connectivity index (χ3n) is 3.22. The molecule has 0 amide bonds. The maximum absolute atomic E-state index is 5.98. The van der Waals surface area contributed by atoms with Gasteiger partial charge in [0.2, 0.25) is 0 Å². The molecule has 0 spiro atoms. The van der Waals surface area contributed by atoms with Crippen molar-refractivity contribution in [3.05, 3.63) is 24.0 Å². The molecule has 1 fully saturated rings. The number of nitrogens with zero attached hydrogens (tertiary/aromatic N) is 1. The highest BCUT2D eigenvalue weighted by Gasteiger charge is 2.56. The molecule has 0 saturated heterocycles. The number of pyridine rings is 1. The van der Waals surface area contributed by atoms with Crippen molar-refractivity contribution in [1.82, 2.24) is 4.98 Å².